The van der Waals surface area contributed by atoms with Crippen molar-refractivity contribution in [3.05, 3.63) is 71.8 Å². The van der Waals surface area contributed by atoms with E-state index in [4.69, 9.17) is 0 Å². The molecule has 1 atom stereocenters. The van der Waals surface area contributed by atoms with Crippen LogP contribution in [0.2, 0.25) is 0 Å². The molecule has 3 aromatic rings. The van der Waals surface area contributed by atoms with Crippen LogP contribution in [0.15, 0.2) is 54.6 Å². The lowest BCUT2D eigenvalue weighted by Gasteiger charge is -2.37. The molecule has 152 valence electrons. The largest absolute Gasteiger partial charge is 0.360 e. The van der Waals surface area contributed by atoms with E-state index in [0.29, 0.717) is 0 Å². The molecule has 0 spiro atoms. The minimum atomic E-state index is -0.198. The molecule has 0 bridgehead atoms. The number of quaternary nitrogens is 1. The first-order valence-electron chi connectivity index (χ1n) is 10.1. The third kappa shape index (κ3) is 4.15. The van der Waals surface area contributed by atoms with Gasteiger partial charge in [0.15, 0.2) is 6.04 Å². The SMILES string of the molecule is CC(C)(C)n1nnnc1[C@H](c1ccccc1)[NH+]1CCN(c2ccc(F)cc2)CC1. The summed E-state index contributed by atoms with van der Waals surface area (Å²) >= 11 is 0. The van der Waals surface area contributed by atoms with Crippen LogP contribution >= 0.6 is 0 Å². The second kappa shape index (κ2) is 7.91. The van der Waals surface area contributed by atoms with Crippen molar-refractivity contribution in [3.8, 4) is 0 Å². The average Bonchev–Trinajstić information content (AvgIpc) is 3.20. The van der Waals surface area contributed by atoms with Crippen LogP contribution in [0.4, 0.5) is 10.1 Å². The minimum Gasteiger partial charge on any atom is -0.360 e. The molecule has 2 heterocycles. The zero-order chi connectivity index (χ0) is 20.4. The van der Waals surface area contributed by atoms with Crippen molar-refractivity contribution in [2.24, 2.45) is 0 Å². The molecule has 0 unspecified atom stereocenters. The Labute approximate surface area is 170 Å². The summed E-state index contributed by atoms with van der Waals surface area (Å²) in [5, 5.41) is 12.7. The Balaban J connectivity index is 1.60. The lowest BCUT2D eigenvalue weighted by Crippen LogP contribution is -3.15. The van der Waals surface area contributed by atoms with Gasteiger partial charge in [0.1, 0.15) is 5.82 Å². The highest BCUT2D eigenvalue weighted by atomic mass is 19.1. The Morgan fingerprint density at radius 2 is 1.62 bits per heavy atom. The Bertz CT molecular complexity index is 924. The highest BCUT2D eigenvalue weighted by Gasteiger charge is 2.36. The van der Waals surface area contributed by atoms with E-state index < -0.39 is 0 Å². The Morgan fingerprint density at radius 1 is 0.966 bits per heavy atom. The normalized spacial score (nSPS) is 16.8. The van der Waals surface area contributed by atoms with Gasteiger partial charge in [-0.2, -0.15) is 0 Å². The van der Waals surface area contributed by atoms with Gasteiger partial charge in [-0.05, 0) is 55.5 Å². The first-order chi connectivity index (χ1) is 13.9. The number of hydrogen-bond donors (Lipinski definition) is 1. The summed E-state index contributed by atoms with van der Waals surface area (Å²) < 4.78 is 15.2. The predicted octanol–water partition coefficient (Wildman–Crippen LogP) is 2.06. The molecule has 1 N–H and O–H groups in total. The minimum absolute atomic E-state index is 0.0702. The number of halogens is 1. The van der Waals surface area contributed by atoms with E-state index in [0.717, 1.165) is 37.7 Å². The lowest BCUT2D eigenvalue weighted by molar-refractivity contribution is -0.927. The number of anilines is 1. The van der Waals surface area contributed by atoms with Crippen molar-refractivity contribution in [3.63, 3.8) is 0 Å². The molecule has 1 saturated heterocycles. The highest BCUT2D eigenvalue weighted by Crippen LogP contribution is 2.23. The number of aromatic nitrogens is 4. The molecule has 1 aliphatic rings. The first-order valence-corrected chi connectivity index (χ1v) is 10.1. The number of nitrogens with zero attached hydrogens (tertiary/aromatic N) is 5. The molecular weight excluding hydrogens is 367 g/mol. The summed E-state index contributed by atoms with van der Waals surface area (Å²) in [7, 11) is 0. The zero-order valence-electron chi connectivity index (χ0n) is 17.2. The number of benzene rings is 2. The Hall–Kier alpha value is -2.80. The molecule has 6 nitrogen and oxygen atoms in total. The maximum Gasteiger partial charge on any atom is 0.214 e. The molecule has 0 amide bonds. The van der Waals surface area contributed by atoms with E-state index in [2.05, 4.69) is 65.5 Å². The highest BCUT2D eigenvalue weighted by molar-refractivity contribution is 5.46. The van der Waals surface area contributed by atoms with Gasteiger partial charge in [0.2, 0.25) is 5.82 Å². The first kappa shape index (κ1) is 19.5. The van der Waals surface area contributed by atoms with Crippen LogP contribution in [0, 0.1) is 5.82 Å². The molecule has 29 heavy (non-hydrogen) atoms. The number of nitrogens with one attached hydrogen (secondary N) is 1. The van der Waals surface area contributed by atoms with Gasteiger partial charge in [-0.15, -0.1) is 5.10 Å². The van der Waals surface area contributed by atoms with Crippen LogP contribution < -0.4 is 9.80 Å². The smallest absolute Gasteiger partial charge is 0.214 e. The molecule has 2 aromatic carbocycles. The van der Waals surface area contributed by atoms with E-state index in [1.807, 2.05) is 22.9 Å². The topological polar surface area (TPSA) is 51.3 Å². The second-order valence-corrected chi connectivity index (χ2v) is 8.59. The molecule has 0 saturated carbocycles. The third-order valence-electron chi connectivity index (χ3n) is 5.53. The maximum absolute atomic E-state index is 13.3. The fraction of sp³-hybridized carbons (Fsp3) is 0.409. The number of hydrogen-bond acceptors (Lipinski definition) is 4. The van der Waals surface area contributed by atoms with Crippen molar-refractivity contribution in [2.45, 2.75) is 32.4 Å². The van der Waals surface area contributed by atoms with Gasteiger partial charge in [-0.3, -0.25) is 0 Å². The van der Waals surface area contributed by atoms with Gasteiger partial charge in [-0.25, -0.2) is 9.07 Å². The van der Waals surface area contributed by atoms with Crippen LogP contribution in [0.1, 0.15) is 38.2 Å². The van der Waals surface area contributed by atoms with Crippen LogP contribution in [-0.4, -0.2) is 46.4 Å². The molecule has 7 heteroatoms. The lowest BCUT2D eigenvalue weighted by atomic mass is 10.0. The average molecular weight is 396 g/mol. The van der Waals surface area contributed by atoms with Crippen LogP contribution in [0.5, 0.6) is 0 Å². The fourth-order valence-electron chi connectivity index (χ4n) is 4.06. The van der Waals surface area contributed by atoms with Crippen molar-refractivity contribution in [1.29, 1.82) is 0 Å². The number of tetrazole rings is 1. The van der Waals surface area contributed by atoms with Gasteiger partial charge < -0.3 is 9.80 Å². The van der Waals surface area contributed by atoms with E-state index in [-0.39, 0.29) is 17.4 Å². The van der Waals surface area contributed by atoms with Gasteiger partial charge in [0.25, 0.3) is 0 Å². The van der Waals surface area contributed by atoms with Gasteiger partial charge >= 0.3 is 0 Å². The predicted molar refractivity (Wildman–Crippen MR) is 110 cm³/mol. The Kier molecular flexibility index (Phi) is 5.32. The van der Waals surface area contributed by atoms with Crippen LogP contribution in [-0.2, 0) is 5.54 Å². The van der Waals surface area contributed by atoms with Crippen LogP contribution in [0.25, 0.3) is 0 Å². The second-order valence-electron chi connectivity index (χ2n) is 8.59. The monoisotopic (exact) mass is 395 g/mol. The van der Waals surface area contributed by atoms with Gasteiger partial charge in [-0.1, -0.05) is 30.3 Å². The third-order valence-corrected chi connectivity index (χ3v) is 5.53. The quantitative estimate of drug-likeness (QED) is 0.735. The molecule has 4 rings (SSSR count). The fourth-order valence-corrected chi connectivity index (χ4v) is 4.06. The van der Waals surface area contributed by atoms with Gasteiger partial charge in [0, 0.05) is 11.3 Å². The summed E-state index contributed by atoms with van der Waals surface area (Å²) in [4.78, 5) is 3.76. The van der Waals surface area contributed by atoms with E-state index in [1.165, 1.54) is 22.6 Å². The molecule has 1 aliphatic heterocycles. The summed E-state index contributed by atoms with van der Waals surface area (Å²) in [5.41, 5.74) is 2.10. The van der Waals surface area contributed by atoms with E-state index in [1.54, 1.807) is 0 Å². The van der Waals surface area contributed by atoms with E-state index in [9.17, 15) is 4.39 Å². The molecule has 1 fully saturated rings. The standard InChI is InChI=1S/C22H27FN6/c1-22(2,3)29-21(24-25-26-29)20(17-7-5-4-6-8-17)28-15-13-27(14-16-28)19-11-9-18(23)10-12-19/h4-12,20H,13-16H2,1-3H3/p+1/t20-/m0/s1. The van der Waals surface area contributed by atoms with Crippen LogP contribution in [0.3, 0.4) is 0 Å². The zero-order valence-corrected chi connectivity index (χ0v) is 17.2. The summed E-state index contributed by atoms with van der Waals surface area (Å²) in [6, 6.07) is 17.3. The number of rotatable bonds is 4. The van der Waals surface area contributed by atoms with Gasteiger partial charge in [0.05, 0.1) is 31.7 Å². The molecule has 0 radical (unpaired) electrons. The Morgan fingerprint density at radius 3 is 2.24 bits per heavy atom. The summed E-state index contributed by atoms with van der Waals surface area (Å²) in [6.07, 6.45) is 0. The van der Waals surface area contributed by atoms with Crippen molar-refractivity contribution >= 4 is 5.69 Å². The van der Waals surface area contributed by atoms with E-state index >= 15 is 0 Å². The molecule has 1 aromatic heterocycles. The van der Waals surface area contributed by atoms with Crippen molar-refractivity contribution in [1.82, 2.24) is 20.2 Å². The maximum atomic E-state index is 13.3. The molecular formula is C22H28FN6+. The van der Waals surface area contributed by atoms with Crippen molar-refractivity contribution < 1.29 is 9.29 Å². The number of piperazine rings is 1. The summed E-state index contributed by atoms with van der Waals surface area (Å²) in [6.45, 7) is 10.1. The molecule has 0 aliphatic carbocycles. The van der Waals surface area contributed by atoms with Crippen molar-refractivity contribution in [2.75, 3.05) is 31.1 Å². The summed E-state index contributed by atoms with van der Waals surface area (Å²) in [5.74, 6) is 0.699.